The molecule has 100 valence electrons. The number of alkyl carbamates (subject to hydrolysis) is 1. The molecule has 1 aromatic rings. The highest BCUT2D eigenvalue weighted by Gasteiger charge is 2.16. The zero-order chi connectivity index (χ0) is 13.8. The van der Waals surface area contributed by atoms with Crippen LogP contribution in [0.3, 0.4) is 0 Å². The van der Waals surface area contributed by atoms with Crippen molar-refractivity contribution in [2.75, 3.05) is 6.54 Å². The van der Waals surface area contributed by atoms with Gasteiger partial charge in [0.1, 0.15) is 5.60 Å². The molecule has 1 heterocycles. The molecule has 5 heteroatoms. The molecule has 0 saturated carbocycles. The van der Waals surface area contributed by atoms with Crippen LogP contribution in [0.4, 0.5) is 4.79 Å². The van der Waals surface area contributed by atoms with Gasteiger partial charge in [0.05, 0.1) is 6.54 Å². The summed E-state index contributed by atoms with van der Waals surface area (Å²) in [5.41, 5.74) is 0.450. The van der Waals surface area contributed by atoms with E-state index in [1.165, 1.54) is 4.88 Å². The number of nitrogens with one attached hydrogen (secondary N) is 1. The summed E-state index contributed by atoms with van der Waals surface area (Å²) in [4.78, 5) is 24.1. The number of carbonyl (C=O) groups excluding carboxylic acids is 2. The Morgan fingerprint density at radius 1 is 1.39 bits per heavy atom. The number of amides is 1. The third-order valence-corrected chi connectivity index (χ3v) is 2.93. The molecule has 4 nitrogen and oxygen atoms in total. The van der Waals surface area contributed by atoms with Gasteiger partial charge in [-0.2, -0.15) is 0 Å². The molecule has 0 aliphatic rings. The van der Waals surface area contributed by atoms with Gasteiger partial charge < -0.3 is 10.1 Å². The fraction of sp³-hybridized carbons (Fsp3) is 0.538. The van der Waals surface area contributed by atoms with Gasteiger partial charge in [0.25, 0.3) is 0 Å². The smallest absolute Gasteiger partial charge is 0.408 e. The standard InChI is InChI=1S/C13H19NO3S/c1-9-5-10(8-18-9)6-11(15)7-14-12(16)17-13(2,3)4/h5,8H,6-7H2,1-4H3,(H,14,16). The Morgan fingerprint density at radius 3 is 2.56 bits per heavy atom. The van der Waals surface area contributed by atoms with Gasteiger partial charge in [0, 0.05) is 11.3 Å². The molecule has 1 aromatic heterocycles. The molecule has 0 radical (unpaired) electrons. The number of hydrogen-bond acceptors (Lipinski definition) is 4. The first-order chi connectivity index (χ1) is 8.26. The maximum Gasteiger partial charge on any atom is 0.408 e. The van der Waals surface area contributed by atoms with E-state index in [4.69, 9.17) is 4.74 Å². The molecule has 0 fully saturated rings. The lowest BCUT2D eigenvalue weighted by Gasteiger charge is -2.19. The van der Waals surface area contributed by atoms with Crippen molar-refractivity contribution in [3.8, 4) is 0 Å². The largest absolute Gasteiger partial charge is 0.444 e. The second-order valence-electron chi connectivity index (χ2n) is 5.14. The monoisotopic (exact) mass is 269 g/mol. The Bertz CT molecular complexity index is 432. The van der Waals surface area contributed by atoms with Crippen LogP contribution in [0, 0.1) is 6.92 Å². The summed E-state index contributed by atoms with van der Waals surface area (Å²) >= 11 is 1.61. The summed E-state index contributed by atoms with van der Waals surface area (Å²) in [7, 11) is 0. The Morgan fingerprint density at radius 2 is 2.06 bits per heavy atom. The van der Waals surface area contributed by atoms with E-state index in [1.807, 2.05) is 18.4 Å². The zero-order valence-corrected chi connectivity index (χ0v) is 12.0. The number of rotatable bonds is 4. The van der Waals surface area contributed by atoms with E-state index in [0.717, 1.165) is 5.56 Å². The zero-order valence-electron chi connectivity index (χ0n) is 11.2. The van der Waals surface area contributed by atoms with Crippen molar-refractivity contribution in [3.05, 3.63) is 21.9 Å². The van der Waals surface area contributed by atoms with Crippen LogP contribution in [0.25, 0.3) is 0 Å². The minimum Gasteiger partial charge on any atom is -0.444 e. The molecule has 1 amide bonds. The van der Waals surface area contributed by atoms with E-state index in [0.29, 0.717) is 6.42 Å². The second kappa shape index (κ2) is 6.00. The molecule has 0 atom stereocenters. The van der Waals surface area contributed by atoms with Crippen molar-refractivity contribution >= 4 is 23.2 Å². The number of thiophene rings is 1. The molecule has 0 bridgehead atoms. The summed E-state index contributed by atoms with van der Waals surface area (Å²) in [6.07, 6.45) is -0.211. The van der Waals surface area contributed by atoms with Crippen molar-refractivity contribution < 1.29 is 14.3 Å². The highest BCUT2D eigenvalue weighted by molar-refractivity contribution is 7.10. The molecule has 1 rings (SSSR count). The minimum atomic E-state index is -0.558. The van der Waals surface area contributed by atoms with Crippen LogP contribution in [-0.2, 0) is 16.0 Å². The van der Waals surface area contributed by atoms with Crippen molar-refractivity contribution in [2.45, 2.75) is 39.7 Å². The van der Waals surface area contributed by atoms with Gasteiger partial charge in [-0.15, -0.1) is 11.3 Å². The minimum absolute atomic E-state index is 0.00378. The van der Waals surface area contributed by atoms with Gasteiger partial charge in [0.2, 0.25) is 0 Å². The first-order valence-electron chi connectivity index (χ1n) is 5.79. The Labute approximate surface area is 111 Å². The molecule has 0 aromatic carbocycles. The number of ketones is 1. The van der Waals surface area contributed by atoms with E-state index in [2.05, 4.69) is 5.32 Å². The predicted molar refractivity (Wildman–Crippen MR) is 72.0 cm³/mol. The fourth-order valence-corrected chi connectivity index (χ4v) is 2.07. The molecule has 0 saturated heterocycles. The second-order valence-corrected chi connectivity index (χ2v) is 6.25. The van der Waals surface area contributed by atoms with Crippen LogP contribution in [0.5, 0.6) is 0 Å². The van der Waals surface area contributed by atoms with Crippen molar-refractivity contribution in [1.29, 1.82) is 0 Å². The summed E-state index contributed by atoms with van der Waals surface area (Å²) in [6.45, 7) is 7.34. The normalized spacial score (nSPS) is 11.1. The summed E-state index contributed by atoms with van der Waals surface area (Å²) in [5, 5.41) is 4.42. The summed E-state index contributed by atoms with van der Waals surface area (Å²) in [6, 6.07) is 1.98. The molecule has 0 aliphatic carbocycles. The number of hydrogen-bond donors (Lipinski definition) is 1. The molecule has 1 N–H and O–H groups in total. The summed E-state index contributed by atoms with van der Waals surface area (Å²) < 4.78 is 5.04. The lowest BCUT2D eigenvalue weighted by Crippen LogP contribution is -2.35. The quantitative estimate of drug-likeness (QED) is 0.914. The SMILES string of the molecule is Cc1cc(CC(=O)CNC(=O)OC(C)(C)C)cs1. The lowest BCUT2D eigenvalue weighted by molar-refractivity contribution is -0.117. The fourth-order valence-electron chi connectivity index (χ4n) is 1.37. The van der Waals surface area contributed by atoms with Gasteiger partial charge in [-0.25, -0.2) is 4.79 Å². The van der Waals surface area contributed by atoms with Gasteiger partial charge >= 0.3 is 6.09 Å². The third kappa shape index (κ3) is 5.82. The predicted octanol–water partition coefficient (Wildman–Crippen LogP) is 2.69. The van der Waals surface area contributed by atoms with Crippen LogP contribution in [0.15, 0.2) is 11.4 Å². The number of carbonyl (C=O) groups is 2. The summed E-state index contributed by atoms with van der Waals surface area (Å²) in [5.74, 6) is -0.0290. The molecular formula is C13H19NO3S. The molecule has 0 aliphatic heterocycles. The average molecular weight is 269 g/mol. The van der Waals surface area contributed by atoms with Crippen LogP contribution in [0.2, 0.25) is 0 Å². The average Bonchev–Trinajstić information content (AvgIpc) is 2.58. The van der Waals surface area contributed by atoms with Crippen LogP contribution < -0.4 is 5.32 Å². The topological polar surface area (TPSA) is 55.4 Å². The van der Waals surface area contributed by atoms with Gasteiger partial charge in [0.15, 0.2) is 5.78 Å². The lowest BCUT2D eigenvalue weighted by atomic mass is 10.1. The molecule has 0 unspecified atom stereocenters. The number of Topliss-reactive ketones (excluding diaryl/α,β-unsaturated/α-hetero) is 1. The van der Waals surface area contributed by atoms with Crippen molar-refractivity contribution in [2.24, 2.45) is 0 Å². The van der Waals surface area contributed by atoms with E-state index in [9.17, 15) is 9.59 Å². The number of ether oxygens (including phenoxy) is 1. The first kappa shape index (κ1) is 14.7. The third-order valence-electron chi connectivity index (χ3n) is 2.01. The Kier molecular flexibility index (Phi) is 4.90. The first-order valence-corrected chi connectivity index (χ1v) is 6.67. The van der Waals surface area contributed by atoms with E-state index >= 15 is 0 Å². The highest BCUT2D eigenvalue weighted by Crippen LogP contribution is 2.13. The van der Waals surface area contributed by atoms with Crippen molar-refractivity contribution in [3.63, 3.8) is 0 Å². The maximum absolute atomic E-state index is 11.6. The molecule has 18 heavy (non-hydrogen) atoms. The Hall–Kier alpha value is -1.36. The van der Waals surface area contributed by atoms with Crippen LogP contribution in [-0.4, -0.2) is 24.0 Å². The maximum atomic E-state index is 11.6. The molecule has 0 spiro atoms. The van der Waals surface area contributed by atoms with Gasteiger partial charge in [-0.1, -0.05) is 0 Å². The van der Waals surface area contributed by atoms with E-state index < -0.39 is 11.7 Å². The highest BCUT2D eigenvalue weighted by atomic mass is 32.1. The Balaban J connectivity index is 2.31. The van der Waals surface area contributed by atoms with E-state index in [1.54, 1.807) is 32.1 Å². The van der Waals surface area contributed by atoms with Gasteiger partial charge in [-0.05, 0) is 44.7 Å². The van der Waals surface area contributed by atoms with Crippen LogP contribution in [0.1, 0.15) is 31.2 Å². The van der Waals surface area contributed by atoms with E-state index in [-0.39, 0.29) is 12.3 Å². The van der Waals surface area contributed by atoms with Crippen molar-refractivity contribution in [1.82, 2.24) is 5.32 Å². The van der Waals surface area contributed by atoms with Crippen LogP contribution >= 0.6 is 11.3 Å². The molecular weight excluding hydrogens is 250 g/mol. The van der Waals surface area contributed by atoms with Gasteiger partial charge in [-0.3, -0.25) is 4.79 Å². The number of aryl methyl sites for hydroxylation is 1.